The van der Waals surface area contributed by atoms with Crippen LogP contribution < -0.4 is 9.47 Å². The maximum absolute atomic E-state index is 12.2. The van der Waals surface area contributed by atoms with Gasteiger partial charge < -0.3 is 14.2 Å². The summed E-state index contributed by atoms with van der Waals surface area (Å²) in [5, 5.41) is 1.93. The van der Waals surface area contributed by atoms with Crippen LogP contribution in [0.4, 0.5) is 0 Å². The minimum atomic E-state index is -0.476. The highest BCUT2D eigenvalue weighted by Crippen LogP contribution is 2.35. The molecule has 0 bridgehead atoms. The number of thiophene rings is 1. The Hall–Kier alpha value is -2.60. The fourth-order valence-corrected chi connectivity index (χ4v) is 2.61. The molecule has 0 saturated heterocycles. The first-order valence-corrected chi connectivity index (χ1v) is 7.37. The van der Waals surface area contributed by atoms with E-state index in [1.807, 2.05) is 17.5 Å². The van der Waals surface area contributed by atoms with Gasteiger partial charge in [-0.2, -0.15) is 0 Å². The van der Waals surface area contributed by atoms with Crippen LogP contribution in [0.25, 0.3) is 6.08 Å². The lowest BCUT2D eigenvalue weighted by Crippen LogP contribution is -2.12. The quantitative estimate of drug-likeness (QED) is 0.641. The average molecular weight is 316 g/mol. The zero-order valence-electron chi connectivity index (χ0n) is 11.7. The predicted octanol–water partition coefficient (Wildman–Crippen LogP) is 2.92. The summed E-state index contributed by atoms with van der Waals surface area (Å²) in [5.41, 5.74) is 0.480. The third-order valence-corrected chi connectivity index (χ3v) is 3.86. The van der Waals surface area contributed by atoms with Crippen LogP contribution in [0.2, 0.25) is 0 Å². The second-order valence-corrected chi connectivity index (χ2v) is 5.46. The van der Waals surface area contributed by atoms with E-state index in [9.17, 15) is 9.59 Å². The molecule has 1 aliphatic heterocycles. The van der Waals surface area contributed by atoms with Gasteiger partial charge in [-0.25, -0.2) is 4.79 Å². The second kappa shape index (κ2) is 6.03. The van der Waals surface area contributed by atoms with Gasteiger partial charge in [0, 0.05) is 17.0 Å². The van der Waals surface area contributed by atoms with Gasteiger partial charge in [0.1, 0.15) is 11.5 Å². The third kappa shape index (κ3) is 2.87. The molecule has 112 valence electrons. The summed E-state index contributed by atoms with van der Waals surface area (Å²) in [6.07, 6.45) is 1.71. The number of Topliss-reactive ketones (excluding diaryl/α,β-unsaturated/α-hetero) is 1. The zero-order valence-corrected chi connectivity index (χ0v) is 12.5. The van der Waals surface area contributed by atoms with Crippen LogP contribution in [0.15, 0.2) is 41.5 Å². The number of rotatable bonds is 4. The van der Waals surface area contributed by atoms with Crippen molar-refractivity contribution in [3.63, 3.8) is 0 Å². The van der Waals surface area contributed by atoms with Crippen molar-refractivity contribution < 1.29 is 23.8 Å². The van der Waals surface area contributed by atoms with Crippen LogP contribution in [-0.4, -0.2) is 25.5 Å². The molecule has 22 heavy (non-hydrogen) atoms. The Morgan fingerprint density at radius 2 is 2.23 bits per heavy atom. The zero-order chi connectivity index (χ0) is 15.5. The Morgan fingerprint density at radius 3 is 2.95 bits per heavy atom. The van der Waals surface area contributed by atoms with Gasteiger partial charge in [-0.1, -0.05) is 6.07 Å². The second-order valence-electron chi connectivity index (χ2n) is 4.48. The highest BCUT2D eigenvalue weighted by Gasteiger charge is 2.27. The van der Waals surface area contributed by atoms with E-state index in [0.717, 1.165) is 4.88 Å². The molecular weight excluding hydrogens is 304 g/mol. The lowest BCUT2D eigenvalue weighted by molar-refractivity contribution is -0.142. The van der Waals surface area contributed by atoms with E-state index < -0.39 is 5.97 Å². The fraction of sp³-hybridized carbons (Fsp3) is 0.125. The topological polar surface area (TPSA) is 61.8 Å². The first-order chi connectivity index (χ1) is 10.7. The lowest BCUT2D eigenvalue weighted by atomic mass is 10.1. The van der Waals surface area contributed by atoms with Crippen molar-refractivity contribution in [1.29, 1.82) is 0 Å². The predicted molar refractivity (Wildman–Crippen MR) is 81.2 cm³/mol. The Balaban J connectivity index is 1.79. The molecule has 0 N–H and O–H groups in total. The van der Waals surface area contributed by atoms with E-state index in [4.69, 9.17) is 9.47 Å². The van der Waals surface area contributed by atoms with E-state index in [1.165, 1.54) is 18.4 Å². The van der Waals surface area contributed by atoms with Gasteiger partial charge >= 0.3 is 5.97 Å². The number of fused-ring (bicyclic) bond motifs is 1. The Bertz CT molecular complexity index is 746. The molecule has 3 rings (SSSR count). The van der Waals surface area contributed by atoms with E-state index in [1.54, 1.807) is 24.3 Å². The van der Waals surface area contributed by atoms with Crippen LogP contribution in [0, 0.1) is 0 Å². The SMILES string of the molecule is COC(=O)COc1ccc2c(c1)OC(=Cc1cccs1)C2=O. The number of carbonyl (C=O) groups excluding carboxylic acids is 2. The summed E-state index contributed by atoms with van der Waals surface area (Å²) < 4.78 is 15.4. The van der Waals surface area contributed by atoms with Gasteiger partial charge in [0.05, 0.1) is 12.7 Å². The van der Waals surface area contributed by atoms with Crippen molar-refractivity contribution in [2.24, 2.45) is 0 Å². The standard InChI is InChI=1S/C16H12O5S/c1-19-15(17)9-20-10-4-5-12-13(7-10)21-14(16(12)18)8-11-3-2-6-22-11/h2-8H,9H2,1H3. The van der Waals surface area contributed by atoms with Gasteiger partial charge in [-0.15, -0.1) is 11.3 Å². The number of allylic oxidation sites excluding steroid dienone is 1. The monoisotopic (exact) mass is 316 g/mol. The normalized spacial score (nSPS) is 14.6. The van der Waals surface area contributed by atoms with Crippen molar-refractivity contribution in [2.75, 3.05) is 13.7 Å². The molecule has 1 aliphatic rings. The molecule has 2 aromatic rings. The smallest absolute Gasteiger partial charge is 0.343 e. The van der Waals surface area contributed by atoms with Gasteiger partial charge in [0.2, 0.25) is 5.78 Å². The molecule has 0 aliphatic carbocycles. The minimum absolute atomic E-state index is 0.164. The van der Waals surface area contributed by atoms with Crippen LogP contribution in [0.5, 0.6) is 11.5 Å². The van der Waals surface area contributed by atoms with E-state index in [0.29, 0.717) is 17.1 Å². The fourth-order valence-electron chi connectivity index (χ4n) is 1.96. The molecule has 0 unspecified atom stereocenters. The van der Waals surface area contributed by atoms with Crippen molar-refractivity contribution in [1.82, 2.24) is 0 Å². The summed E-state index contributed by atoms with van der Waals surface area (Å²) >= 11 is 1.52. The number of carbonyl (C=O) groups is 2. The third-order valence-electron chi connectivity index (χ3n) is 3.04. The molecule has 2 heterocycles. The van der Waals surface area contributed by atoms with E-state index in [-0.39, 0.29) is 18.1 Å². The maximum atomic E-state index is 12.2. The molecule has 1 aromatic carbocycles. The summed E-state index contributed by atoms with van der Waals surface area (Å²) in [7, 11) is 1.29. The Kier molecular flexibility index (Phi) is 3.93. The van der Waals surface area contributed by atoms with Crippen LogP contribution in [0.1, 0.15) is 15.2 Å². The first-order valence-electron chi connectivity index (χ1n) is 6.49. The Labute approximate surface area is 130 Å². The Morgan fingerprint density at radius 1 is 1.36 bits per heavy atom. The number of benzene rings is 1. The molecule has 0 spiro atoms. The molecule has 5 nitrogen and oxygen atoms in total. The van der Waals surface area contributed by atoms with Gasteiger partial charge in [-0.05, 0) is 23.6 Å². The van der Waals surface area contributed by atoms with E-state index in [2.05, 4.69) is 4.74 Å². The average Bonchev–Trinajstić information content (AvgIpc) is 3.14. The number of hydrogen-bond acceptors (Lipinski definition) is 6. The van der Waals surface area contributed by atoms with E-state index >= 15 is 0 Å². The summed E-state index contributed by atoms with van der Waals surface area (Å²) in [6, 6.07) is 8.65. The lowest BCUT2D eigenvalue weighted by Gasteiger charge is -2.05. The van der Waals surface area contributed by atoms with Crippen LogP contribution in [0.3, 0.4) is 0 Å². The van der Waals surface area contributed by atoms with Gasteiger partial charge in [-0.3, -0.25) is 4.79 Å². The highest BCUT2D eigenvalue weighted by atomic mass is 32.1. The van der Waals surface area contributed by atoms with Gasteiger partial charge in [0.15, 0.2) is 12.4 Å². The minimum Gasteiger partial charge on any atom is -0.482 e. The number of methoxy groups -OCH3 is 1. The van der Waals surface area contributed by atoms with Crippen molar-refractivity contribution in [2.45, 2.75) is 0 Å². The first kappa shape index (κ1) is 14.3. The van der Waals surface area contributed by atoms with Crippen molar-refractivity contribution >= 4 is 29.2 Å². The van der Waals surface area contributed by atoms with Gasteiger partial charge in [0.25, 0.3) is 0 Å². The number of esters is 1. The molecule has 1 aromatic heterocycles. The maximum Gasteiger partial charge on any atom is 0.343 e. The summed E-state index contributed by atoms with van der Waals surface area (Å²) in [5.74, 6) is 0.505. The molecule has 0 fully saturated rings. The molecule has 0 saturated carbocycles. The largest absolute Gasteiger partial charge is 0.482 e. The molecule has 6 heteroatoms. The number of ketones is 1. The van der Waals surface area contributed by atoms with Crippen molar-refractivity contribution in [3.8, 4) is 11.5 Å². The van der Waals surface area contributed by atoms with Crippen molar-refractivity contribution in [3.05, 3.63) is 51.9 Å². The number of hydrogen-bond donors (Lipinski definition) is 0. The summed E-state index contributed by atoms with van der Waals surface area (Å²) in [6.45, 7) is -0.193. The molecule has 0 amide bonds. The molecule has 0 radical (unpaired) electrons. The molecular formula is C16H12O5S. The van der Waals surface area contributed by atoms with Crippen LogP contribution >= 0.6 is 11.3 Å². The van der Waals surface area contributed by atoms with Crippen LogP contribution in [-0.2, 0) is 9.53 Å². The highest BCUT2D eigenvalue weighted by molar-refractivity contribution is 7.10. The molecule has 0 atom stereocenters. The number of ether oxygens (including phenoxy) is 3. The summed E-state index contributed by atoms with van der Waals surface area (Å²) in [4.78, 5) is 24.2.